The smallest absolute Gasteiger partial charge is 0.255 e. The molecule has 0 atom stereocenters. The van der Waals surface area contributed by atoms with Crippen LogP contribution in [0.4, 0.5) is 0 Å². The van der Waals surface area contributed by atoms with Crippen molar-refractivity contribution in [3.05, 3.63) is 34.2 Å². The minimum Gasteiger partial charge on any atom is -0.339 e. The van der Waals surface area contributed by atoms with Crippen molar-refractivity contribution in [1.29, 1.82) is 0 Å². The molecule has 1 aromatic rings. The lowest BCUT2D eigenvalue weighted by Crippen LogP contribution is -2.35. The Balaban J connectivity index is 2.12. The highest BCUT2D eigenvalue weighted by atomic mass is 16.2. The van der Waals surface area contributed by atoms with E-state index in [4.69, 9.17) is 0 Å². The van der Waals surface area contributed by atoms with E-state index >= 15 is 0 Å². The number of hydrogen-bond donors (Lipinski definition) is 1. The molecular formula is C11H14N2O2. The molecule has 1 aliphatic rings. The normalized spacial score (nSPS) is 16.4. The summed E-state index contributed by atoms with van der Waals surface area (Å²) in [6.45, 7) is 1.66. The molecule has 2 rings (SSSR count). The summed E-state index contributed by atoms with van der Waals surface area (Å²) in [6, 6.07) is 2.97. The molecule has 0 spiro atoms. The van der Waals surface area contributed by atoms with Crippen LogP contribution in [0.15, 0.2) is 23.1 Å². The van der Waals surface area contributed by atoms with Crippen LogP contribution in [0.2, 0.25) is 0 Å². The van der Waals surface area contributed by atoms with Gasteiger partial charge in [0.15, 0.2) is 0 Å². The summed E-state index contributed by atoms with van der Waals surface area (Å²) in [5, 5.41) is 0. The SMILES string of the molecule is O=C(c1ccc(=O)[nH]c1)N1CCCCC1. The Hall–Kier alpha value is -1.58. The maximum Gasteiger partial charge on any atom is 0.255 e. The highest BCUT2D eigenvalue weighted by molar-refractivity contribution is 5.93. The van der Waals surface area contributed by atoms with Crippen LogP contribution < -0.4 is 5.56 Å². The summed E-state index contributed by atoms with van der Waals surface area (Å²) in [5.74, 6) is 0.0194. The van der Waals surface area contributed by atoms with E-state index < -0.39 is 0 Å². The number of aromatic amines is 1. The van der Waals surface area contributed by atoms with Crippen LogP contribution >= 0.6 is 0 Å². The van der Waals surface area contributed by atoms with Crippen LogP contribution in [-0.4, -0.2) is 28.9 Å². The third-order valence-corrected chi connectivity index (χ3v) is 2.67. The molecule has 1 amide bonds. The Morgan fingerprint density at radius 2 is 1.93 bits per heavy atom. The molecule has 0 aromatic carbocycles. The van der Waals surface area contributed by atoms with Crippen molar-refractivity contribution < 1.29 is 4.79 Å². The van der Waals surface area contributed by atoms with Gasteiger partial charge in [-0.1, -0.05) is 0 Å². The monoisotopic (exact) mass is 206 g/mol. The summed E-state index contributed by atoms with van der Waals surface area (Å²) in [4.78, 5) is 27.1. The summed E-state index contributed by atoms with van der Waals surface area (Å²) in [7, 11) is 0. The first-order valence-corrected chi connectivity index (χ1v) is 5.25. The van der Waals surface area contributed by atoms with E-state index in [1.165, 1.54) is 18.7 Å². The molecule has 1 saturated heterocycles. The molecule has 15 heavy (non-hydrogen) atoms. The highest BCUT2D eigenvalue weighted by Gasteiger charge is 2.17. The van der Waals surface area contributed by atoms with Crippen molar-refractivity contribution in [2.24, 2.45) is 0 Å². The number of rotatable bonds is 1. The Morgan fingerprint density at radius 3 is 2.53 bits per heavy atom. The first-order chi connectivity index (χ1) is 7.27. The fourth-order valence-electron chi connectivity index (χ4n) is 1.82. The standard InChI is InChI=1S/C11H14N2O2/c14-10-5-4-9(8-12-10)11(15)13-6-2-1-3-7-13/h4-5,8H,1-3,6-7H2,(H,12,14). The molecule has 0 aliphatic carbocycles. The largest absolute Gasteiger partial charge is 0.339 e. The summed E-state index contributed by atoms with van der Waals surface area (Å²) in [5.41, 5.74) is 0.390. The average molecular weight is 206 g/mol. The number of nitrogens with zero attached hydrogens (tertiary/aromatic N) is 1. The molecule has 2 heterocycles. The van der Waals surface area contributed by atoms with Gasteiger partial charge in [-0.25, -0.2) is 0 Å². The Labute approximate surface area is 87.9 Å². The summed E-state index contributed by atoms with van der Waals surface area (Å²) < 4.78 is 0. The quantitative estimate of drug-likeness (QED) is 0.745. The third kappa shape index (κ3) is 2.26. The zero-order valence-electron chi connectivity index (χ0n) is 8.53. The molecule has 4 heteroatoms. The van der Waals surface area contributed by atoms with Crippen molar-refractivity contribution >= 4 is 5.91 Å². The van der Waals surface area contributed by atoms with Gasteiger partial charge in [0.25, 0.3) is 5.91 Å². The maximum absolute atomic E-state index is 11.9. The number of likely N-dealkylation sites (tertiary alicyclic amines) is 1. The zero-order valence-corrected chi connectivity index (χ0v) is 8.53. The Bertz CT molecular complexity index is 385. The van der Waals surface area contributed by atoms with E-state index in [9.17, 15) is 9.59 Å². The second kappa shape index (κ2) is 4.29. The first kappa shape index (κ1) is 9.96. The second-order valence-corrected chi connectivity index (χ2v) is 3.79. The Kier molecular flexibility index (Phi) is 2.85. The molecule has 1 fully saturated rings. The predicted octanol–water partition coefficient (Wildman–Crippen LogP) is 1.00. The predicted molar refractivity (Wildman–Crippen MR) is 56.8 cm³/mol. The van der Waals surface area contributed by atoms with Crippen molar-refractivity contribution in [2.45, 2.75) is 19.3 Å². The van der Waals surface area contributed by atoms with Gasteiger partial charge >= 0.3 is 0 Å². The lowest BCUT2D eigenvalue weighted by atomic mass is 10.1. The number of carbonyl (C=O) groups is 1. The number of pyridine rings is 1. The number of H-pyrrole nitrogens is 1. The average Bonchev–Trinajstić information content (AvgIpc) is 2.30. The molecule has 80 valence electrons. The van der Waals surface area contributed by atoms with Crippen LogP contribution in [-0.2, 0) is 0 Å². The zero-order chi connectivity index (χ0) is 10.7. The van der Waals surface area contributed by atoms with Gasteiger partial charge in [-0.3, -0.25) is 9.59 Å². The van der Waals surface area contributed by atoms with E-state index in [1.807, 2.05) is 4.90 Å². The number of aromatic nitrogens is 1. The summed E-state index contributed by atoms with van der Waals surface area (Å²) >= 11 is 0. The van der Waals surface area contributed by atoms with Crippen molar-refractivity contribution in [2.75, 3.05) is 13.1 Å². The fourth-order valence-corrected chi connectivity index (χ4v) is 1.82. The second-order valence-electron chi connectivity index (χ2n) is 3.79. The van der Waals surface area contributed by atoms with E-state index in [-0.39, 0.29) is 11.5 Å². The summed E-state index contributed by atoms with van der Waals surface area (Å²) in [6.07, 6.45) is 4.85. The molecule has 0 saturated carbocycles. The van der Waals surface area contributed by atoms with Crippen LogP contribution in [0.25, 0.3) is 0 Å². The van der Waals surface area contributed by atoms with E-state index in [1.54, 1.807) is 6.07 Å². The van der Waals surface area contributed by atoms with Gasteiger partial charge in [-0.05, 0) is 25.3 Å². The van der Waals surface area contributed by atoms with Crippen LogP contribution in [0.1, 0.15) is 29.6 Å². The molecule has 0 unspecified atom stereocenters. The van der Waals surface area contributed by atoms with Gasteiger partial charge < -0.3 is 9.88 Å². The van der Waals surface area contributed by atoms with Crippen LogP contribution in [0, 0.1) is 0 Å². The van der Waals surface area contributed by atoms with Gasteiger partial charge in [-0.15, -0.1) is 0 Å². The van der Waals surface area contributed by atoms with Crippen LogP contribution in [0.5, 0.6) is 0 Å². The van der Waals surface area contributed by atoms with Crippen LogP contribution in [0.3, 0.4) is 0 Å². The number of carbonyl (C=O) groups excluding carboxylic acids is 1. The molecule has 1 N–H and O–H groups in total. The van der Waals surface area contributed by atoms with E-state index in [2.05, 4.69) is 4.98 Å². The van der Waals surface area contributed by atoms with Gasteiger partial charge in [0.05, 0.1) is 5.56 Å². The number of piperidine rings is 1. The highest BCUT2D eigenvalue weighted by Crippen LogP contribution is 2.11. The van der Waals surface area contributed by atoms with Gasteiger partial charge in [-0.2, -0.15) is 0 Å². The van der Waals surface area contributed by atoms with Crippen molar-refractivity contribution in [1.82, 2.24) is 9.88 Å². The first-order valence-electron chi connectivity index (χ1n) is 5.25. The lowest BCUT2D eigenvalue weighted by molar-refractivity contribution is 0.0724. The van der Waals surface area contributed by atoms with E-state index in [0.29, 0.717) is 5.56 Å². The molecular weight excluding hydrogens is 192 g/mol. The van der Waals surface area contributed by atoms with E-state index in [0.717, 1.165) is 25.9 Å². The molecule has 4 nitrogen and oxygen atoms in total. The van der Waals surface area contributed by atoms with Gasteiger partial charge in [0.2, 0.25) is 5.56 Å². The number of nitrogens with one attached hydrogen (secondary N) is 1. The lowest BCUT2D eigenvalue weighted by Gasteiger charge is -2.26. The fraction of sp³-hybridized carbons (Fsp3) is 0.455. The third-order valence-electron chi connectivity index (χ3n) is 2.67. The minimum atomic E-state index is -0.176. The Morgan fingerprint density at radius 1 is 1.20 bits per heavy atom. The van der Waals surface area contributed by atoms with Gasteiger partial charge in [0.1, 0.15) is 0 Å². The van der Waals surface area contributed by atoms with Crippen molar-refractivity contribution in [3.8, 4) is 0 Å². The topological polar surface area (TPSA) is 53.2 Å². The molecule has 0 bridgehead atoms. The molecule has 1 aliphatic heterocycles. The number of amides is 1. The number of hydrogen-bond acceptors (Lipinski definition) is 2. The van der Waals surface area contributed by atoms with Gasteiger partial charge in [0, 0.05) is 25.4 Å². The minimum absolute atomic E-state index is 0.0194. The van der Waals surface area contributed by atoms with Crippen molar-refractivity contribution in [3.63, 3.8) is 0 Å². The molecule has 1 aromatic heterocycles. The maximum atomic E-state index is 11.9. The molecule has 0 radical (unpaired) electrons.